The van der Waals surface area contributed by atoms with E-state index in [0.29, 0.717) is 22.8 Å². The van der Waals surface area contributed by atoms with Crippen molar-refractivity contribution in [3.63, 3.8) is 0 Å². The van der Waals surface area contributed by atoms with Crippen molar-refractivity contribution in [2.24, 2.45) is 7.05 Å². The van der Waals surface area contributed by atoms with Crippen molar-refractivity contribution in [1.29, 1.82) is 0 Å². The number of aryl methyl sites for hydroxylation is 1. The predicted molar refractivity (Wildman–Crippen MR) is 93.9 cm³/mol. The van der Waals surface area contributed by atoms with Gasteiger partial charge in [0.1, 0.15) is 6.33 Å². The Labute approximate surface area is 149 Å². The van der Waals surface area contributed by atoms with Crippen molar-refractivity contribution in [2.45, 2.75) is 0 Å². The van der Waals surface area contributed by atoms with Crippen molar-refractivity contribution >= 4 is 17.3 Å². The zero-order valence-electron chi connectivity index (χ0n) is 14.4. The number of rotatable bonds is 5. The molecule has 0 bridgehead atoms. The van der Waals surface area contributed by atoms with Gasteiger partial charge in [-0.3, -0.25) is 14.5 Å². The van der Waals surface area contributed by atoms with Crippen LogP contribution in [0, 0.1) is 5.82 Å². The first kappa shape index (κ1) is 17.3. The highest BCUT2D eigenvalue weighted by Gasteiger charge is 2.19. The molecule has 2 N–H and O–H groups in total. The van der Waals surface area contributed by atoms with Crippen LogP contribution < -0.4 is 15.4 Å². The second-order valence-electron chi connectivity index (χ2n) is 5.38. The Balaban J connectivity index is 2.08. The van der Waals surface area contributed by atoms with E-state index in [4.69, 9.17) is 4.74 Å². The minimum absolute atomic E-state index is 0.00350. The molecule has 0 saturated heterocycles. The van der Waals surface area contributed by atoms with Crippen LogP contribution in [0.15, 0.2) is 36.9 Å². The van der Waals surface area contributed by atoms with E-state index in [9.17, 15) is 9.18 Å². The van der Waals surface area contributed by atoms with Gasteiger partial charge in [0.05, 0.1) is 35.8 Å². The summed E-state index contributed by atoms with van der Waals surface area (Å²) >= 11 is 0. The predicted octanol–water partition coefficient (Wildman–Crippen LogP) is 2.13. The fourth-order valence-corrected chi connectivity index (χ4v) is 2.50. The number of anilines is 2. The normalized spacial score (nSPS) is 10.5. The highest BCUT2D eigenvalue weighted by atomic mass is 19.1. The summed E-state index contributed by atoms with van der Waals surface area (Å²) in [5.41, 5.74) is 1.18. The van der Waals surface area contributed by atoms with Gasteiger partial charge < -0.3 is 15.4 Å². The molecule has 9 heteroatoms. The van der Waals surface area contributed by atoms with E-state index < -0.39 is 11.7 Å². The number of pyridine rings is 1. The van der Waals surface area contributed by atoms with Gasteiger partial charge in [0.15, 0.2) is 17.4 Å². The summed E-state index contributed by atoms with van der Waals surface area (Å²) in [5.74, 6) is -0.219. The molecule has 0 fully saturated rings. The van der Waals surface area contributed by atoms with E-state index >= 15 is 0 Å². The van der Waals surface area contributed by atoms with Gasteiger partial charge in [-0.25, -0.2) is 9.37 Å². The minimum Gasteiger partial charge on any atom is -0.494 e. The third-order valence-electron chi connectivity index (χ3n) is 3.69. The first-order valence-electron chi connectivity index (χ1n) is 7.70. The van der Waals surface area contributed by atoms with Gasteiger partial charge in [-0.1, -0.05) is 6.07 Å². The second kappa shape index (κ2) is 7.18. The lowest BCUT2D eigenvalue weighted by Crippen LogP contribution is -2.20. The van der Waals surface area contributed by atoms with Crippen LogP contribution in [0.5, 0.6) is 5.75 Å². The number of carbonyl (C=O) groups excluding carboxylic acids is 1. The molecule has 2 aromatic heterocycles. The van der Waals surface area contributed by atoms with Crippen molar-refractivity contribution < 1.29 is 13.9 Å². The maximum Gasteiger partial charge on any atom is 0.254 e. The lowest BCUT2D eigenvalue weighted by molar-refractivity contribution is 0.0963. The molecule has 0 aliphatic carbocycles. The number of hydrogen-bond acceptors (Lipinski definition) is 6. The number of ether oxygens (including phenoxy) is 1. The van der Waals surface area contributed by atoms with Crippen LogP contribution in [0.25, 0.3) is 11.4 Å². The van der Waals surface area contributed by atoms with Gasteiger partial charge in [0, 0.05) is 20.3 Å². The number of carbonyl (C=O) groups is 1. The smallest absolute Gasteiger partial charge is 0.254 e. The van der Waals surface area contributed by atoms with E-state index in [0.717, 1.165) is 6.20 Å². The highest BCUT2D eigenvalue weighted by molar-refractivity contribution is 6.00. The Morgan fingerprint density at radius 1 is 1.31 bits per heavy atom. The van der Waals surface area contributed by atoms with Gasteiger partial charge in [0.25, 0.3) is 5.91 Å². The second-order valence-corrected chi connectivity index (χ2v) is 5.38. The van der Waals surface area contributed by atoms with Crippen LogP contribution in [0.2, 0.25) is 0 Å². The van der Waals surface area contributed by atoms with Crippen molar-refractivity contribution in [1.82, 2.24) is 25.1 Å². The van der Waals surface area contributed by atoms with Gasteiger partial charge in [-0.2, -0.15) is 5.10 Å². The molecule has 0 saturated carbocycles. The highest BCUT2D eigenvalue weighted by Crippen LogP contribution is 2.37. The maximum atomic E-state index is 14.3. The molecule has 0 atom stereocenters. The lowest BCUT2D eigenvalue weighted by atomic mass is 10.1. The van der Waals surface area contributed by atoms with Gasteiger partial charge >= 0.3 is 0 Å². The molecule has 1 aromatic carbocycles. The Bertz CT molecular complexity index is 956. The molecule has 26 heavy (non-hydrogen) atoms. The van der Waals surface area contributed by atoms with Crippen LogP contribution in [0.4, 0.5) is 15.8 Å². The molecule has 134 valence electrons. The Hall–Kier alpha value is -3.49. The van der Waals surface area contributed by atoms with E-state index in [2.05, 4.69) is 25.7 Å². The summed E-state index contributed by atoms with van der Waals surface area (Å²) in [5, 5.41) is 9.66. The summed E-state index contributed by atoms with van der Waals surface area (Å²) < 4.78 is 21.4. The molecule has 3 aromatic rings. The number of methoxy groups -OCH3 is 1. The quantitative estimate of drug-likeness (QED) is 0.727. The van der Waals surface area contributed by atoms with E-state index in [1.165, 1.54) is 20.4 Å². The first-order valence-corrected chi connectivity index (χ1v) is 7.70. The van der Waals surface area contributed by atoms with Gasteiger partial charge in [0.2, 0.25) is 0 Å². The zero-order chi connectivity index (χ0) is 18.7. The molecule has 8 nitrogen and oxygen atoms in total. The average Bonchev–Trinajstić information content (AvgIpc) is 3.08. The lowest BCUT2D eigenvalue weighted by Gasteiger charge is -2.16. The standard InChI is InChI=1S/C17H17FN6O2/c1-19-17(25)11-7-20-8-12(18)14(11)22-13-6-4-5-10(15(13)26-3)16-21-9-24(2)23-16/h4-9H,1-3H3,(H,19,25)(H,20,22). The van der Waals surface area contributed by atoms with Crippen molar-refractivity contribution in [2.75, 3.05) is 19.5 Å². The molecule has 3 rings (SSSR count). The summed E-state index contributed by atoms with van der Waals surface area (Å²) in [6.07, 6.45) is 3.90. The van der Waals surface area contributed by atoms with Crippen LogP contribution in [-0.4, -0.2) is 39.8 Å². The van der Waals surface area contributed by atoms with Crippen LogP contribution >= 0.6 is 0 Å². The van der Waals surface area contributed by atoms with E-state index in [1.807, 2.05) is 0 Å². The number of nitrogens with zero attached hydrogens (tertiary/aromatic N) is 4. The van der Waals surface area contributed by atoms with Crippen LogP contribution in [0.3, 0.4) is 0 Å². The largest absolute Gasteiger partial charge is 0.494 e. The van der Waals surface area contributed by atoms with Crippen molar-refractivity contribution in [3.05, 3.63) is 48.3 Å². The summed E-state index contributed by atoms with van der Waals surface area (Å²) in [7, 11) is 4.72. The Kier molecular flexibility index (Phi) is 4.78. The van der Waals surface area contributed by atoms with Crippen LogP contribution in [-0.2, 0) is 7.05 Å². The third kappa shape index (κ3) is 3.18. The monoisotopic (exact) mass is 356 g/mol. The molecule has 1 amide bonds. The summed E-state index contributed by atoms with van der Waals surface area (Å²) in [4.78, 5) is 20.0. The average molecular weight is 356 g/mol. The number of aromatic nitrogens is 4. The molecular formula is C17H17FN6O2. The maximum absolute atomic E-state index is 14.3. The van der Waals surface area contributed by atoms with Gasteiger partial charge in [-0.05, 0) is 12.1 Å². The number of nitrogens with one attached hydrogen (secondary N) is 2. The number of para-hydroxylation sites is 1. The molecule has 0 spiro atoms. The van der Waals surface area contributed by atoms with E-state index in [-0.39, 0.29) is 11.3 Å². The molecular weight excluding hydrogens is 339 g/mol. The molecule has 0 aliphatic heterocycles. The zero-order valence-corrected chi connectivity index (χ0v) is 14.4. The minimum atomic E-state index is -0.658. The SMILES string of the molecule is CNC(=O)c1cncc(F)c1Nc1cccc(-c2ncn(C)n2)c1OC. The molecule has 0 aliphatic rings. The topological polar surface area (TPSA) is 94.0 Å². The number of benzene rings is 1. The first-order chi connectivity index (χ1) is 12.5. The number of hydrogen-bond donors (Lipinski definition) is 2. The van der Waals surface area contributed by atoms with Gasteiger partial charge in [-0.15, -0.1) is 0 Å². The number of halogens is 1. The van der Waals surface area contributed by atoms with Crippen molar-refractivity contribution in [3.8, 4) is 17.1 Å². The Morgan fingerprint density at radius 2 is 2.12 bits per heavy atom. The summed E-state index contributed by atoms with van der Waals surface area (Å²) in [6.45, 7) is 0. The van der Waals surface area contributed by atoms with Crippen LogP contribution in [0.1, 0.15) is 10.4 Å². The van der Waals surface area contributed by atoms with E-state index in [1.54, 1.807) is 36.3 Å². The Morgan fingerprint density at radius 3 is 2.77 bits per heavy atom. The third-order valence-corrected chi connectivity index (χ3v) is 3.69. The summed E-state index contributed by atoms with van der Waals surface area (Å²) in [6, 6.07) is 5.26. The molecule has 0 radical (unpaired) electrons. The fourth-order valence-electron chi connectivity index (χ4n) is 2.50. The fraction of sp³-hybridized carbons (Fsp3) is 0.176. The molecule has 2 heterocycles. The number of amides is 1. The molecule has 0 unspecified atom stereocenters.